The Morgan fingerprint density at radius 1 is 1.27 bits per heavy atom. The standard InChI is InChI=1S/C12H16O2S/c13-11-4-2-1-3-10(11)12(9-15)5-7-14-8-6-12/h1-4,13,15H,5-9H2. The summed E-state index contributed by atoms with van der Waals surface area (Å²) < 4.78 is 5.37. The fraction of sp³-hybridized carbons (Fsp3) is 0.500. The van der Waals surface area contributed by atoms with E-state index in [1.54, 1.807) is 6.07 Å². The number of phenolic OH excluding ortho intramolecular Hbond substituents is 1. The lowest BCUT2D eigenvalue weighted by atomic mass is 9.75. The van der Waals surface area contributed by atoms with Crippen molar-refractivity contribution in [1.82, 2.24) is 0 Å². The zero-order valence-electron chi connectivity index (χ0n) is 8.65. The maximum Gasteiger partial charge on any atom is 0.119 e. The normalized spacial score (nSPS) is 20.1. The van der Waals surface area contributed by atoms with Crippen LogP contribution < -0.4 is 0 Å². The molecule has 3 heteroatoms. The number of thiol groups is 1. The first-order valence-electron chi connectivity index (χ1n) is 5.26. The molecular formula is C12H16O2S. The minimum absolute atomic E-state index is 0.00724. The number of aromatic hydroxyl groups is 1. The molecule has 0 unspecified atom stereocenters. The Morgan fingerprint density at radius 2 is 1.93 bits per heavy atom. The van der Waals surface area contributed by atoms with Crippen molar-refractivity contribution in [3.05, 3.63) is 29.8 Å². The second-order valence-electron chi connectivity index (χ2n) is 4.07. The first-order chi connectivity index (χ1) is 7.28. The van der Waals surface area contributed by atoms with Crippen LogP contribution in [0.5, 0.6) is 5.75 Å². The van der Waals surface area contributed by atoms with Crippen LogP contribution in [0.15, 0.2) is 24.3 Å². The minimum atomic E-state index is -0.00724. The van der Waals surface area contributed by atoms with E-state index in [1.807, 2.05) is 18.2 Å². The van der Waals surface area contributed by atoms with Crippen molar-refractivity contribution in [2.24, 2.45) is 0 Å². The van der Waals surface area contributed by atoms with E-state index in [1.165, 1.54) is 0 Å². The fourth-order valence-electron chi connectivity index (χ4n) is 2.20. The van der Waals surface area contributed by atoms with Gasteiger partial charge < -0.3 is 9.84 Å². The monoisotopic (exact) mass is 224 g/mol. The molecule has 2 nitrogen and oxygen atoms in total. The number of hydrogen-bond donors (Lipinski definition) is 2. The van der Waals surface area contributed by atoms with E-state index in [-0.39, 0.29) is 5.41 Å². The highest BCUT2D eigenvalue weighted by Crippen LogP contribution is 2.39. The maximum absolute atomic E-state index is 9.88. The van der Waals surface area contributed by atoms with Gasteiger partial charge in [0.05, 0.1) is 0 Å². The van der Waals surface area contributed by atoms with Crippen LogP contribution in [0, 0.1) is 0 Å². The molecule has 1 aliphatic rings. The Morgan fingerprint density at radius 3 is 2.53 bits per heavy atom. The molecule has 1 aromatic rings. The third-order valence-corrected chi connectivity index (χ3v) is 3.83. The Bertz CT molecular complexity index is 332. The van der Waals surface area contributed by atoms with E-state index in [2.05, 4.69) is 12.6 Å². The molecule has 15 heavy (non-hydrogen) atoms. The van der Waals surface area contributed by atoms with Crippen LogP contribution in [0.3, 0.4) is 0 Å². The van der Waals surface area contributed by atoms with Gasteiger partial charge in [0.15, 0.2) is 0 Å². The van der Waals surface area contributed by atoms with Gasteiger partial charge in [-0.05, 0) is 18.9 Å². The molecule has 1 saturated heterocycles. The molecule has 0 radical (unpaired) electrons. The van der Waals surface area contributed by atoms with Crippen LogP contribution in [0.1, 0.15) is 18.4 Å². The number of ether oxygens (including phenoxy) is 1. The highest BCUT2D eigenvalue weighted by Gasteiger charge is 2.34. The maximum atomic E-state index is 9.88. The van der Waals surface area contributed by atoms with E-state index in [4.69, 9.17) is 4.74 Å². The van der Waals surface area contributed by atoms with Gasteiger partial charge in [0.2, 0.25) is 0 Å². The second kappa shape index (κ2) is 4.45. The van der Waals surface area contributed by atoms with E-state index in [9.17, 15) is 5.11 Å². The van der Waals surface area contributed by atoms with Crippen molar-refractivity contribution in [3.8, 4) is 5.75 Å². The summed E-state index contributed by atoms with van der Waals surface area (Å²) in [6.45, 7) is 1.52. The van der Waals surface area contributed by atoms with E-state index < -0.39 is 0 Å². The topological polar surface area (TPSA) is 29.5 Å². The molecule has 82 valence electrons. The summed E-state index contributed by atoms with van der Waals surface area (Å²) in [4.78, 5) is 0. The smallest absolute Gasteiger partial charge is 0.119 e. The van der Waals surface area contributed by atoms with Crippen LogP contribution in [0.25, 0.3) is 0 Å². The largest absolute Gasteiger partial charge is 0.508 e. The van der Waals surface area contributed by atoms with Crippen LogP contribution in [0.2, 0.25) is 0 Å². The average molecular weight is 224 g/mol. The van der Waals surface area contributed by atoms with E-state index >= 15 is 0 Å². The van der Waals surface area contributed by atoms with Crippen LogP contribution in [0.4, 0.5) is 0 Å². The predicted octanol–water partition coefficient (Wildman–Crippen LogP) is 2.37. The summed E-state index contributed by atoms with van der Waals surface area (Å²) in [5, 5.41) is 9.88. The summed E-state index contributed by atoms with van der Waals surface area (Å²) >= 11 is 4.44. The van der Waals surface area contributed by atoms with Crippen molar-refractivity contribution >= 4 is 12.6 Å². The molecule has 0 aliphatic carbocycles. The Kier molecular flexibility index (Phi) is 3.22. The van der Waals surface area contributed by atoms with Crippen LogP contribution in [-0.4, -0.2) is 24.1 Å². The first kappa shape index (κ1) is 10.8. The van der Waals surface area contributed by atoms with Gasteiger partial charge in [-0.15, -0.1) is 0 Å². The molecule has 1 aliphatic heterocycles. The molecule has 0 atom stereocenters. The van der Waals surface area contributed by atoms with Crippen molar-refractivity contribution in [2.75, 3.05) is 19.0 Å². The van der Waals surface area contributed by atoms with Gasteiger partial charge in [-0.3, -0.25) is 0 Å². The van der Waals surface area contributed by atoms with Crippen LogP contribution >= 0.6 is 12.6 Å². The van der Waals surface area contributed by atoms with Gasteiger partial charge in [-0.25, -0.2) is 0 Å². The number of para-hydroxylation sites is 1. The molecule has 1 N–H and O–H groups in total. The Hall–Kier alpha value is -0.670. The Labute approximate surface area is 95.7 Å². The summed E-state index contributed by atoms with van der Waals surface area (Å²) in [5.41, 5.74) is 1.01. The first-order valence-corrected chi connectivity index (χ1v) is 5.89. The second-order valence-corrected chi connectivity index (χ2v) is 4.38. The molecule has 0 amide bonds. The van der Waals surface area contributed by atoms with Crippen molar-refractivity contribution in [1.29, 1.82) is 0 Å². The summed E-state index contributed by atoms with van der Waals surface area (Å²) in [7, 11) is 0. The predicted molar refractivity (Wildman–Crippen MR) is 63.7 cm³/mol. The minimum Gasteiger partial charge on any atom is -0.508 e. The van der Waals surface area contributed by atoms with Crippen LogP contribution in [-0.2, 0) is 10.2 Å². The molecule has 1 aromatic carbocycles. The average Bonchev–Trinajstić information content (AvgIpc) is 2.30. The fourth-order valence-corrected chi connectivity index (χ4v) is 2.68. The highest BCUT2D eigenvalue weighted by atomic mass is 32.1. The lowest BCUT2D eigenvalue weighted by Crippen LogP contribution is -2.35. The molecule has 0 saturated carbocycles. The van der Waals surface area contributed by atoms with E-state index in [0.717, 1.165) is 37.4 Å². The molecule has 0 spiro atoms. The number of rotatable bonds is 2. The van der Waals surface area contributed by atoms with Crippen molar-refractivity contribution in [3.63, 3.8) is 0 Å². The number of phenols is 1. The lowest BCUT2D eigenvalue weighted by Gasteiger charge is -2.36. The van der Waals surface area contributed by atoms with Gasteiger partial charge in [0.1, 0.15) is 5.75 Å². The van der Waals surface area contributed by atoms with Gasteiger partial charge in [-0.1, -0.05) is 18.2 Å². The van der Waals surface area contributed by atoms with E-state index in [0.29, 0.717) is 5.75 Å². The highest BCUT2D eigenvalue weighted by molar-refractivity contribution is 7.80. The molecule has 1 fully saturated rings. The SMILES string of the molecule is Oc1ccccc1C1(CS)CCOCC1. The summed E-state index contributed by atoms with van der Waals surface area (Å²) in [6.07, 6.45) is 1.88. The molecule has 2 rings (SSSR count). The lowest BCUT2D eigenvalue weighted by molar-refractivity contribution is 0.0574. The number of benzene rings is 1. The third-order valence-electron chi connectivity index (χ3n) is 3.23. The van der Waals surface area contributed by atoms with Gasteiger partial charge in [-0.2, -0.15) is 12.6 Å². The van der Waals surface area contributed by atoms with Gasteiger partial charge in [0.25, 0.3) is 0 Å². The van der Waals surface area contributed by atoms with Crippen molar-refractivity contribution in [2.45, 2.75) is 18.3 Å². The summed E-state index contributed by atoms with van der Waals surface area (Å²) in [5.74, 6) is 1.14. The zero-order chi connectivity index (χ0) is 10.7. The molecule has 0 aromatic heterocycles. The Balaban J connectivity index is 2.36. The zero-order valence-corrected chi connectivity index (χ0v) is 9.54. The van der Waals surface area contributed by atoms with Gasteiger partial charge >= 0.3 is 0 Å². The molecule has 1 heterocycles. The number of hydrogen-bond acceptors (Lipinski definition) is 3. The van der Waals surface area contributed by atoms with Crippen molar-refractivity contribution < 1.29 is 9.84 Å². The third kappa shape index (κ3) is 1.99. The molecule has 0 bridgehead atoms. The van der Waals surface area contributed by atoms with Gasteiger partial charge in [0, 0.05) is 29.9 Å². The molecular weight excluding hydrogens is 208 g/mol. The summed E-state index contributed by atoms with van der Waals surface area (Å²) in [6, 6.07) is 7.56. The quantitative estimate of drug-likeness (QED) is 0.755.